The van der Waals surface area contributed by atoms with Crippen molar-refractivity contribution in [1.29, 1.82) is 0 Å². The largest absolute Gasteiger partial charge is 0.479 e. The summed E-state index contributed by atoms with van der Waals surface area (Å²) in [5.74, 6) is -0.876. The SMILES string of the molecule is COC1(C(=O)O)CCCc2sccc21. The lowest BCUT2D eigenvalue weighted by atomic mass is 9.83. The average Bonchev–Trinajstić information content (AvgIpc) is 2.64. The molecule has 1 atom stereocenters. The van der Waals surface area contributed by atoms with E-state index in [0.717, 1.165) is 23.3 Å². The Morgan fingerprint density at radius 2 is 2.50 bits per heavy atom. The minimum Gasteiger partial charge on any atom is -0.479 e. The van der Waals surface area contributed by atoms with Crippen LogP contribution in [0.1, 0.15) is 23.3 Å². The van der Waals surface area contributed by atoms with Crippen LogP contribution in [0.4, 0.5) is 0 Å². The Morgan fingerprint density at radius 3 is 3.14 bits per heavy atom. The van der Waals surface area contributed by atoms with E-state index in [1.54, 1.807) is 11.3 Å². The minimum absolute atomic E-state index is 0.572. The van der Waals surface area contributed by atoms with Gasteiger partial charge in [-0.3, -0.25) is 0 Å². The molecule has 1 aliphatic rings. The third kappa shape index (κ3) is 1.18. The Labute approximate surface area is 86.3 Å². The maximum Gasteiger partial charge on any atom is 0.340 e. The van der Waals surface area contributed by atoms with Gasteiger partial charge in [-0.1, -0.05) is 0 Å². The molecule has 1 aliphatic carbocycles. The number of carboxylic acid groups (broad SMARTS) is 1. The first kappa shape index (κ1) is 9.68. The highest BCUT2D eigenvalue weighted by atomic mass is 32.1. The third-order valence-electron chi connectivity index (χ3n) is 2.81. The summed E-state index contributed by atoms with van der Waals surface area (Å²) in [4.78, 5) is 12.4. The molecule has 76 valence electrons. The molecule has 1 unspecified atom stereocenters. The number of rotatable bonds is 2. The predicted octanol–water partition coefficient (Wildman–Crippen LogP) is 2.01. The van der Waals surface area contributed by atoms with Gasteiger partial charge in [-0.15, -0.1) is 11.3 Å². The first-order valence-electron chi connectivity index (χ1n) is 4.56. The van der Waals surface area contributed by atoms with E-state index in [2.05, 4.69) is 0 Å². The van der Waals surface area contributed by atoms with Gasteiger partial charge in [-0.05, 0) is 30.7 Å². The smallest absolute Gasteiger partial charge is 0.340 e. The zero-order valence-electron chi connectivity index (χ0n) is 7.95. The lowest BCUT2D eigenvalue weighted by Gasteiger charge is -2.31. The van der Waals surface area contributed by atoms with E-state index in [9.17, 15) is 9.90 Å². The molecule has 4 heteroatoms. The van der Waals surface area contributed by atoms with E-state index >= 15 is 0 Å². The summed E-state index contributed by atoms with van der Waals surface area (Å²) in [5, 5.41) is 11.2. The van der Waals surface area contributed by atoms with Crippen LogP contribution in [-0.4, -0.2) is 18.2 Å². The average molecular weight is 212 g/mol. The van der Waals surface area contributed by atoms with Crippen LogP contribution in [0, 0.1) is 0 Å². The summed E-state index contributed by atoms with van der Waals surface area (Å²) >= 11 is 1.62. The molecule has 0 aromatic carbocycles. The van der Waals surface area contributed by atoms with E-state index in [0.29, 0.717) is 6.42 Å². The molecular formula is C10H12O3S. The fourth-order valence-electron chi connectivity index (χ4n) is 2.05. The highest BCUT2D eigenvalue weighted by molar-refractivity contribution is 7.10. The molecule has 0 spiro atoms. The first-order valence-corrected chi connectivity index (χ1v) is 5.44. The fourth-order valence-corrected chi connectivity index (χ4v) is 3.04. The molecule has 14 heavy (non-hydrogen) atoms. The topological polar surface area (TPSA) is 46.5 Å². The van der Waals surface area contributed by atoms with Crippen LogP contribution in [0.15, 0.2) is 11.4 Å². The van der Waals surface area contributed by atoms with Gasteiger partial charge in [0.25, 0.3) is 0 Å². The second-order valence-electron chi connectivity index (χ2n) is 3.45. The summed E-state index contributed by atoms with van der Waals surface area (Å²) in [6.07, 6.45) is 2.43. The number of aryl methyl sites for hydroxylation is 1. The van der Waals surface area contributed by atoms with Gasteiger partial charge in [0, 0.05) is 17.6 Å². The van der Waals surface area contributed by atoms with Gasteiger partial charge in [0.2, 0.25) is 0 Å². The maximum atomic E-state index is 11.2. The number of fused-ring (bicyclic) bond motifs is 1. The van der Waals surface area contributed by atoms with Crippen LogP contribution >= 0.6 is 11.3 Å². The quantitative estimate of drug-likeness (QED) is 0.815. The molecule has 1 aromatic rings. The van der Waals surface area contributed by atoms with E-state index < -0.39 is 11.6 Å². The summed E-state index contributed by atoms with van der Waals surface area (Å²) in [6.45, 7) is 0. The first-order chi connectivity index (χ1) is 6.70. The van der Waals surface area contributed by atoms with Crippen molar-refractivity contribution in [3.8, 4) is 0 Å². The number of carboxylic acids is 1. The van der Waals surface area contributed by atoms with Gasteiger partial charge in [-0.25, -0.2) is 4.79 Å². The van der Waals surface area contributed by atoms with E-state index in [1.165, 1.54) is 7.11 Å². The molecular weight excluding hydrogens is 200 g/mol. The van der Waals surface area contributed by atoms with Gasteiger partial charge in [-0.2, -0.15) is 0 Å². The summed E-state index contributed by atoms with van der Waals surface area (Å²) in [5.41, 5.74) is -0.239. The Bertz CT molecular complexity index is 358. The van der Waals surface area contributed by atoms with Crippen molar-refractivity contribution in [2.75, 3.05) is 7.11 Å². The molecule has 0 aliphatic heterocycles. The normalized spacial score (nSPS) is 25.8. The summed E-state index contributed by atoms with van der Waals surface area (Å²) < 4.78 is 5.23. The molecule has 1 heterocycles. The van der Waals surface area contributed by atoms with Crippen LogP contribution in [-0.2, 0) is 21.6 Å². The fraction of sp³-hybridized carbons (Fsp3) is 0.500. The van der Waals surface area contributed by atoms with Crippen LogP contribution < -0.4 is 0 Å². The number of ether oxygens (including phenoxy) is 1. The van der Waals surface area contributed by atoms with Crippen molar-refractivity contribution in [3.05, 3.63) is 21.9 Å². The van der Waals surface area contributed by atoms with Crippen LogP contribution in [0.5, 0.6) is 0 Å². The van der Waals surface area contributed by atoms with Crippen molar-refractivity contribution in [2.24, 2.45) is 0 Å². The molecule has 2 rings (SSSR count). The molecule has 1 aromatic heterocycles. The molecule has 0 saturated heterocycles. The zero-order valence-corrected chi connectivity index (χ0v) is 8.76. The van der Waals surface area contributed by atoms with Crippen molar-refractivity contribution >= 4 is 17.3 Å². The van der Waals surface area contributed by atoms with Gasteiger partial charge in [0.1, 0.15) is 0 Å². The molecule has 0 saturated carbocycles. The standard InChI is InChI=1S/C10H12O3S/c1-13-10(9(11)12)5-2-3-8-7(10)4-6-14-8/h4,6H,2-3,5H2,1H3,(H,11,12). The van der Waals surface area contributed by atoms with E-state index in [1.807, 2.05) is 11.4 Å². The Hall–Kier alpha value is -0.870. The Balaban J connectivity index is 2.52. The number of hydrogen-bond acceptors (Lipinski definition) is 3. The van der Waals surface area contributed by atoms with Crippen LogP contribution in [0.25, 0.3) is 0 Å². The number of hydrogen-bond donors (Lipinski definition) is 1. The molecule has 1 N–H and O–H groups in total. The lowest BCUT2D eigenvalue weighted by Crippen LogP contribution is -2.40. The Morgan fingerprint density at radius 1 is 1.71 bits per heavy atom. The second kappa shape index (κ2) is 3.37. The van der Waals surface area contributed by atoms with Crippen molar-refractivity contribution in [3.63, 3.8) is 0 Å². The zero-order chi connectivity index (χ0) is 10.2. The predicted molar refractivity (Wildman–Crippen MR) is 53.6 cm³/mol. The van der Waals surface area contributed by atoms with Crippen LogP contribution in [0.3, 0.4) is 0 Å². The monoisotopic (exact) mass is 212 g/mol. The van der Waals surface area contributed by atoms with Crippen molar-refractivity contribution < 1.29 is 14.6 Å². The maximum absolute atomic E-state index is 11.2. The molecule has 0 radical (unpaired) electrons. The highest BCUT2D eigenvalue weighted by Gasteiger charge is 2.44. The van der Waals surface area contributed by atoms with Gasteiger partial charge in [0.05, 0.1) is 0 Å². The van der Waals surface area contributed by atoms with Crippen LogP contribution in [0.2, 0.25) is 0 Å². The summed E-state index contributed by atoms with van der Waals surface area (Å²) in [7, 11) is 1.47. The molecule has 0 amide bonds. The second-order valence-corrected chi connectivity index (χ2v) is 4.45. The highest BCUT2D eigenvalue weighted by Crippen LogP contribution is 2.40. The Kier molecular flexibility index (Phi) is 2.33. The van der Waals surface area contributed by atoms with E-state index in [-0.39, 0.29) is 0 Å². The van der Waals surface area contributed by atoms with E-state index in [4.69, 9.17) is 4.74 Å². The lowest BCUT2D eigenvalue weighted by molar-refractivity contribution is -0.165. The molecule has 0 fully saturated rings. The van der Waals surface area contributed by atoms with Gasteiger partial charge in [0.15, 0.2) is 5.60 Å². The number of aliphatic carboxylic acids is 1. The van der Waals surface area contributed by atoms with Crippen molar-refractivity contribution in [1.82, 2.24) is 0 Å². The van der Waals surface area contributed by atoms with Crippen molar-refractivity contribution in [2.45, 2.75) is 24.9 Å². The van der Waals surface area contributed by atoms with Gasteiger partial charge < -0.3 is 9.84 Å². The number of carbonyl (C=O) groups is 1. The number of thiophene rings is 1. The minimum atomic E-state index is -1.09. The molecule has 0 bridgehead atoms. The number of methoxy groups -OCH3 is 1. The molecule has 3 nitrogen and oxygen atoms in total. The third-order valence-corrected chi connectivity index (χ3v) is 3.79. The summed E-state index contributed by atoms with van der Waals surface area (Å²) in [6, 6.07) is 1.87. The van der Waals surface area contributed by atoms with Gasteiger partial charge >= 0.3 is 5.97 Å².